The van der Waals surface area contributed by atoms with Gasteiger partial charge in [0.15, 0.2) is 5.82 Å². The van der Waals surface area contributed by atoms with Gasteiger partial charge in [-0.25, -0.2) is 36.3 Å². The number of sulfonamides is 1. The van der Waals surface area contributed by atoms with Crippen LogP contribution in [0.3, 0.4) is 0 Å². The standard InChI is InChI=1S/C30H31ClF2N6O6S/c1-38(11-6-12-45-29(34)40)26-8-5-4-7-24(26)37-25-15-23(33)28(14-22(25)31)46(41,42)39(30-35-16-20(32)17-36-30)18-19-9-10-21(43-2)13-27(19)44-3/h4-5,7-10,13-17,37H,6,11-12,18H2,1-3H3,(H2,34,40). The van der Waals surface area contributed by atoms with Gasteiger partial charge in [0.05, 0.1) is 61.8 Å². The Morgan fingerprint density at radius 2 is 1.74 bits per heavy atom. The van der Waals surface area contributed by atoms with Gasteiger partial charge in [-0.3, -0.25) is 0 Å². The largest absolute Gasteiger partial charge is 0.497 e. The van der Waals surface area contributed by atoms with Gasteiger partial charge >= 0.3 is 6.09 Å². The molecule has 1 aromatic heterocycles. The minimum absolute atomic E-state index is 0.0948. The zero-order valence-electron chi connectivity index (χ0n) is 25.0. The number of carbonyl (C=O) groups excluding carboxylic acids is 1. The zero-order chi connectivity index (χ0) is 33.4. The van der Waals surface area contributed by atoms with E-state index in [1.807, 2.05) is 18.0 Å². The number of hydrogen-bond acceptors (Lipinski definition) is 10. The highest BCUT2D eigenvalue weighted by Gasteiger charge is 2.32. The van der Waals surface area contributed by atoms with Gasteiger partial charge in [-0.1, -0.05) is 23.7 Å². The van der Waals surface area contributed by atoms with Crippen LogP contribution in [0.25, 0.3) is 0 Å². The van der Waals surface area contributed by atoms with Gasteiger partial charge in [-0.2, -0.15) is 0 Å². The highest BCUT2D eigenvalue weighted by molar-refractivity contribution is 7.92. The first-order chi connectivity index (χ1) is 21.9. The number of halogens is 3. The lowest BCUT2D eigenvalue weighted by Gasteiger charge is -2.25. The van der Waals surface area contributed by atoms with Crippen LogP contribution >= 0.6 is 11.6 Å². The fourth-order valence-electron chi connectivity index (χ4n) is 4.43. The van der Waals surface area contributed by atoms with Crippen LogP contribution in [0.5, 0.6) is 11.5 Å². The van der Waals surface area contributed by atoms with Crippen LogP contribution in [0.1, 0.15) is 12.0 Å². The summed E-state index contributed by atoms with van der Waals surface area (Å²) >= 11 is 6.53. The summed E-state index contributed by atoms with van der Waals surface area (Å²) < 4.78 is 73.6. The maximum atomic E-state index is 15.8. The number of nitrogens with two attached hydrogens (primary N) is 1. The maximum Gasteiger partial charge on any atom is 0.404 e. The van der Waals surface area contributed by atoms with Gasteiger partial charge in [0.25, 0.3) is 10.0 Å². The Morgan fingerprint density at radius 1 is 1.02 bits per heavy atom. The zero-order valence-corrected chi connectivity index (χ0v) is 26.6. The van der Waals surface area contributed by atoms with Gasteiger partial charge in [0.2, 0.25) is 5.95 Å². The molecule has 1 amide bonds. The molecule has 4 rings (SSSR count). The molecule has 0 aliphatic heterocycles. The van der Waals surface area contributed by atoms with E-state index in [9.17, 15) is 17.6 Å². The van der Waals surface area contributed by atoms with E-state index >= 15 is 4.39 Å². The maximum absolute atomic E-state index is 15.8. The van der Waals surface area contributed by atoms with Gasteiger partial charge in [-0.15, -0.1) is 0 Å². The Balaban J connectivity index is 1.67. The van der Waals surface area contributed by atoms with Gasteiger partial charge in [0, 0.05) is 31.3 Å². The fraction of sp³-hybridized carbons (Fsp3) is 0.233. The number of aromatic nitrogens is 2. The van der Waals surface area contributed by atoms with Crippen molar-refractivity contribution in [3.63, 3.8) is 0 Å². The molecule has 0 saturated carbocycles. The van der Waals surface area contributed by atoms with E-state index < -0.39 is 45.1 Å². The Bertz CT molecular complexity index is 1800. The van der Waals surface area contributed by atoms with Gasteiger partial charge in [-0.05, 0) is 36.8 Å². The van der Waals surface area contributed by atoms with E-state index in [4.69, 9.17) is 31.5 Å². The van der Waals surface area contributed by atoms with Gasteiger partial charge < -0.3 is 30.2 Å². The molecular weight excluding hydrogens is 646 g/mol. The number of anilines is 4. The van der Waals surface area contributed by atoms with E-state index in [1.165, 1.54) is 14.2 Å². The van der Waals surface area contributed by atoms with Crippen LogP contribution in [0.15, 0.2) is 71.9 Å². The number of amides is 1. The summed E-state index contributed by atoms with van der Waals surface area (Å²) in [6.45, 7) is 0.224. The smallest absolute Gasteiger partial charge is 0.404 e. The molecule has 244 valence electrons. The Morgan fingerprint density at radius 3 is 2.41 bits per heavy atom. The van der Waals surface area contributed by atoms with Crippen LogP contribution in [-0.2, 0) is 21.3 Å². The Hall–Kier alpha value is -4.89. The average Bonchev–Trinajstić information content (AvgIpc) is 3.03. The highest BCUT2D eigenvalue weighted by Crippen LogP contribution is 2.36. The number of rotatable bonds is 14. The summed E-state index contributed by atoms with van der Waals surface area (Å²) in [6.07, 6.45) is 1.23. The lowest BCUT2D eigenvalue weighted by Crippen LogP contribution is -2.33. The van der Waals surface area contributed by atoms with Crippen LogP contribution in [0.2, 0.25) is 5.02 Å². The second-order valence-electron chi connectivity index (χ2n) is 9.74. The lowest BCUT2D eigenvalue weighted by atomic mass is 10.2. The molecule has 0 aliphatic carbocycles. The Labute approximate surface area is 269 Å². The van der Waals surface area contributed by atoms with Crippen LogP contribution in [0.4, 0.5) is 36.6 Å². The number of nitrogens with one attached hydrogen (secondary N) is 1. The molecule has 12 nitrogen and oxygen atoms in total. The molecule has 0 aliphatic rings. The summed E-state index contributed by atoms with van der Waals surface area (Å²) in [5.41, 5.74) is 6.72. The minimum Gasteiger partial charge on any atom is -0.497 e. The van der Waals surface area contributed by atoms with Crippen LogP contribution in [0, 0.1) is 11.6 Å². The molecule has 0 spiro atoms. The summed E-state index contributed by atoms with van der Waals surface area (Å²) in [4.78, 5) is 19.6. The number of para-hydroxylation sites is 2. The van der Waals surface area contributed by atoms with Crippen molar-refractivity contribution >= 4 is 50.7 Å². The molecule has 0 radical (unpaired) electrons. The van der Waals surface area contributed by atoms with E-state index in [1.54, 1.807) is 36.4 Å². The molecule has 1 heterocycles. The number of primary amides is 1. The van der Waals surface area contributed by atoms with E-state index in [-0.39, 0.29) is 23.1 Å². The predicted octanol–water partition coefficient (Wildman–Crippen LogP) is 5.49. The first-order valence-electron chi connectivity index (χ1n) is 13.6. The molecule has 0 unspecified atom stereocenters. The predicted molar refractivity (Wildman–Crippen MR) is 169 cm³/mol. The molecule has 0 bridgehead atoms. The van der Waals surface area contributed by atoms with E-state index in [0.29, 0.717) is 35.7 Å². The normalized spacial score (nSPS) is 11.1. The van der Waals surface area contributed by atoms with Crippen molar-refractivity contribution in [1.29, 1.82) is 0 Å². The van der Waals surface area contributed by atoms with Crippen molar-refractivity contribution in [2.45, 2.75) is 17.9 Å². The van der Waals surface area contributed by atoms with E-state index in [2.05, 4.69) is 15.3 Å². The third-order valence-corrected chi connectivity index (χ3v) is 8.75. The summed E-state index contributed by atoms with van der Waals surface area (Å²) in [5, 5.41) is 2.96. The van der Waals surface area contributed by atoms with Crippen molar-refractivity contribution in [3.8, 4) is 11.5 Å². The summed E-state index contributed by atoms with van der Waals surface area (Å²) in [5.74, 6) is -1.58. The van der Waals surface area contributed by atoms with Crippen molar-refractivity contribution < 1.29 is 36.2 Å². The minimum atomic E-state index is -4.73. The summed E-state index contributed by atoms with van der Waals surface area (Å²) in [6, 6.07) is 13.8. The second-order valence-corrected chi connectivity index (χ2v) is 12.0. The fourth-order valence-corrected chi connectivity index (χ4v) is 6.13. The van der Waals surface area contributed by atoms with Crippen LogP contribution in [-0.4, -0.2) is 58.9 Å². The molecule has 3 aromatic carbocycles. The average molecular weight is 677 g/mol. The quantitative estimate of drug-likeness (QED) is 0.164. The molecule has 0 fully saturated rings. The third-order valence-electron chi connectivity index (χ3n) is 6.69. The number of benzene rings is 3. The van der Waals surface area contributed by atoms with Gasteiger partial charge in [0.1, 0.15) is 22.2 Å². The van der Waals surface area contributed by atoms with E-state index in [0.717, 1.165) is 28.8 Å². The lowest BCUT2D eigenvalue weighted by molar-refractivity contribution is 0.156. The number of methoxy groups -OCH3 is 2. The molecule has 3 N–H and O–H groups in total. The van der Waals surface area contributed by atoms with Crippen molar-refractivity contribution in [1.82, 2.24) is 9.97 Å². The van der Waals surface area contributed by atoms with Crippen molar-refractivity contribution in [3.05, 3.63) is 89.2 Å². The first kappa shape index (κ1) is 34.0. The summed E-state index contributed by atoms with van der Waals surface area (Å²) in [7, 11) is -0.0622. The molecule has 46 heavy (non-hydrogen) atoms. The Kier molecular flexibility index (Phi) is 11.0. The molecule has 4 aromatic rings. The first-order valence-corrected chi connectivity index (χ1v) is 15.5. The topological polar surface area (TPSA) is 149 Å². The monoisotopic (exact) mass is 676 g/mol. The highest BCUT2D eigenvalue weighted by atomic mass is 35.5. The number of ether oxygens (including phenoxy) is 3. The third kappa shape index (κ3) is 8.03. The molecule has 16 heteroatoms. The van der Waals surface area contributed by atoms with Crippen molar-refractivity contribution in [2.24, 2.45) is 5.73 Å². The molecule has 0 atom stereocenters. The second kappa shape index (κ2) is 14.9. The SMILES string of the molecule is COc1ccc(CN(c2ncc(F)cn2)S(=O)(=O)c2cc(Cl)c(Nc3ccccc3N(C)CCCOC(N)=O)cc2F)c(OC)c1. The molecule has 0 saturated heterocycles. The molecular formula is C30H31ClF2N6O6S. The number of carbonyl (C=O) groups is 1. The van der Waals surface area contributed by atoms with Crippen LogP contribution < -0.4 is 29.7 Å². The van der Waals surface area contributed by atoms with Crippen molar-refractivity contribution in [2.75, 3.05) is 48.9 Å². The number of hydrogen-bond donors (Lipinski definition) is 2. The number of nitrogens with zero attached hydrogens (tertiary/aromatic N) is 4.